The molecule has 1 heterocycles. The van der Waals surface area contributed by atoms with Crippen LogP contribution in [0.2, 0.25) is 0 Å². The van der Waals surface area contributed by atoms with E-state index in [-0.39, 0.29) is 5.91 Å². The van der Waals surface area contributed by atoms with Gasteiger partial charge < -0.3 is 10.6 Å². The second-order valence-corrected chi connectivity index (χ2v) is 3.86. The molecule has 1 amide bonds. The Morgan fingerprint density at radius 3 is 2.33 bits per heavy atom. The molecule has 1 aromatic heterocycles. The third-order valence-electron chi connectivity index (χ3n) is 2.32. The Labute approximate surface area is 105 Å². The van der Waals surface area contributed by atoms with Crippen LogP contribution in [0.1, 0.15) is 12.5 Å². The van der Waals surface area contributed by atoms with E-state index in [1.807, 2.05) is 24.3 Å². The summed E-state index contributed by atoms with van der Waals surface area (Å²) in [6, 6.07) is 7.53. The first kappa shape index (κ1) is 12.0. The van der Waals surface area contributed by atoms with Crippen molar-refractivity contribution >= 4 is 17.3 Å². The molecule has 0 bridgehead atoms. The van der Waals surface area contributed by atoms with Gasteiger partial charge in [-0.3, -0.25) is 4.79 Å². The number of hydrogen-bond acceptors (Lipinski definition) is 4. The van der Waals surface area contributed by atoms with Crippen molar-refractivity contribution in [3.8, 4) is 0 Å². The van der Waals surface area contributed by atoms with E-state index in [4.69, 9.17) is 0 Å². The maximum atomic E-state index is 10.9. The van der Waals surface area contributed by atoms with Crippen LogP contribution in [-0.2, 0) is 11.3 Å². The van der Waals surface area contributed by atoms with Gasteiger partial charge >= 0.3 is 0 Å². The summed E-state index contributed by atoms with van der Waals surface area (Å²) in [6.07, 6.45) is 5.04. The molecule has 0 spiro atoms. The van der Waals surface area contributed by atoms with Gasteiger partial charge in [0.1, 0.15) is 6.33 Å². The van der Waals surface area contributed by atoms with Crippen LogP contribution in [0.15, 0.2) is 43.0 Å². The van der Waals surface area contributed by atoms with Crippen molar-refractivity contribution < 1.29 is 4.79 Å². The molecule has 92 valence electrons. The molecule has 2 aromatic rings. The number of carbonyl (C=O) groups excluding carboxylic acids is 1. The average Bonchev–Trinajstić information content (AvgIpc) is 2.38. The molecular formula is C13H14N4O. The van der Waals surface area contributed by atoms with Crippen LogP contribution in [0.4, 0.5) is 11.4 Å². The molecule has 0 radical (unpaired) electrons. The first-order valence-corrected chi connectivity index (χ1v) is 5.59. The van der Waals surface area contributed by atoms with Crippen molar-refractivity contribution in [1.29, 1.82) is 0 Å². The number of rotatable bonds is 4. The second-order valence-electron chi connectivity index (χ2n) is 3.86. The Morgan fingerprint density at radius 1 is 1.11 bits per heavy atom. The summed E-state index contributed by atoms with van der Waals surface area (Å²) in [6.45, 7) is 2.15. The molecule has 0 aliphatic carbocycles. The molecule has 0 saturated carbocycles. The number of nitrogens with zero attached hydrogens (tertiary/aromatic N) is 2. The quantitative estimate of drug-likeness (QED) is 0.861. The van der Waals surface area contributed by atoms with E-state index in [2.05, 4.69) is 20.6 Å². The van der Waals surface area contributed by atoms with Gasteiger partial charge in [0.2, 0.25) is 5.91 Å². The van der Waals surface area contributed by atoms with Gasteiger partial charge in [-0.25, -0.2) is 9.97 Å². The summed E-state index contributed by atoms with van der Waals surface area (Å²) in [4.78, 5) is 18.8. The van der Waals surface area contributed by atoms with E-state index >= 15 is 0 Å². The van der Waals surface area contributed by atoms with E-state index in [1.54, 1.807) is 12.4 Å². The smallest absolute Gasteiger partial charge is 0.221 e. The van der Waals surface area contributed by atoms with Gasteiger partial charge in [0, 0.05) is 42.8 Å². The normalized spacial score (nSPS) is 9.83. The Morgan fingerprint density at radius 2 is 1.72 bits per heavy atom. The van der Waals surface area contributed by atoms with Gasteiger partial charge in [-0.2, -0.15) is 0 Å². The van der Waals surface area contributed by atoms with Crippen molar-refractivity contribution in [3.05, 3.63) is 48.5 Å². The van der Waals surface area contributed by atoms with E-state index in [0.717, 1.165) is 16.9 Å². The number of carbonyl (C=O) groups is 1. The molecule has 5 nitrogen and oxygen atoms in total. The number of benzene rings is 1. The number of anilines is 2. The lowest BCUT2D eigenvalue weighted by atomic mass is 10.2. The SMILES string of the molecule is CC(=O)Nc1ccc(NCc2cncnc2)cc1. The van der Waals surface area contributed by atoms with Crippen molar-refractivity contribution in [1.82, 2.24) is 9.97 Å². The average molecular weight is 242 g/mol. The summed E-state index contributed by atoms with van der Waals surface area (Å²) in [7, 11) is 0. The minimum absolute atomic E-state index is 0.0721. The molecule has 5 heteroatoms. The zero-order valence-corrected chi connectivity index (χ0v) is 10.1. The number of hydrogen-bond donors (Lipinski definition) is 2. The number of aromatic nitrogens is 2. The van der Waals surface area contributed by atoms with E-state index in [0.29, 0.717) is 6.54 Å². The predicted octanol–water partition coefficient (Wildman–Crippen LogP) is 2.05. The van der Waals surface area contributed by atoms with Crippen LogP contribution in [0, 0.1) is 0 Å². The Balaban J connectivity index is 1.92. The number of amides is 1. The topological polar surface area (TPSA) is 66.9 Å². The van der Waals surface area contributed by atoms with Crippen LogP contribution in [0.3, 0.4) is 0 Å². The molecule has 2 rings (SSSR count). The molecule has 1 aromatic carbocycles. The minimum atomic E-state index is -0.0721. The maximum absolute atomic E-state index is 10.9. The summed E-state index contributed by atoms with van der Waals surface area (Å²) < 4.78 is 0. The summed E-state index contributed by atoms with van der Waals surface area (Å²) in [5.74, 6) is -0.0721. The van der Waals surface area contributed by atoms with Gasteiger partial charge in [0.15, 0.2) is 0 Å². The first-order valence-electron chi connectivity index (χ1n) is 5.59. The van der Waals surface area contributed by atoms with Crippen LogP contribution < -0.4 is 10.6 Å². The Kier molecular flexibility index (Phi) is 3.86. The Bertz CT molecular complexity index is 510. The van der Waals surface area contributed by atoms with E-state index < -0.39 is 0 Å². The molecule has 0 atom stereocenters. The highest BCUT2D eigenvalue weighted by Gasteiger charge is 1.97. The highest BCUT2D eigenvalue weighted by Crippen LogP contribution is 2.14. The lowest BCUT2D eigenvalue weighted by molar-refractivity contribution is -0.114. The third kappa shape index (κ3) is 3.55. The molecule has 0 fully saturated rings. The molecule has 18 heavy (non-hydrogen) atoms. The molecular weight excluding hydrogens is 228 g/mol. The molecule has 0 saturated heterocycles. The van der Waals surface area contributed by atoms with Gasteiger partial charge in [-0.1, -0.05) is 0 Å². The second kappa shape index (κ2) is 5.77. The summed E-state index contributed by atoms with van der Waals surface area (Å²) in [5, 5.41) is 5.97. The lowest BCUT2D eigenvalue weighted by Gasteiger charge is -2.07. The van der Waals surface area contributed by atoms with Crippen LogP contribution >= 0.6 is 0 Å². The fourth-order valence-electron chi connectivity index (χ4n) is 1.50. The number of nitrogens with one attached hydrogen (secondary N) is 2. The van der Waals surface area contributed by atoms with E-state index in [1.165, 1.54) is 13.3 Å². The lowest BCUT2D eigenvalue weighted by Crippen LogP contribution is -2.05. The van der Waals surface area contributed by atoms with Crippen molar-refractivity contribution in [3.63, 3.8) is 0 Å². The molecule has 0 unspecified atom stereocenters. The third-order valence-corrected chi connectivity index (χ3v) is 2.32. The van der Waals surface area contributed by atoms with Gasteiger partial charge in [0.25, 0.3) is 0 Å². The largest absolute Gasteiger partial charge is 0.381 e. The van der Waals surface area contributed by atoms with Crippen molar-refractivity contribution in [2.24, 2.45) is 0 Å². The van der Waals surface area contributed by atoms with Crippen LogP contribution in [-0.4, -0.2) is 15.9 Å². The molecule has 0 aliphatic rings. The van der Waals surface area contributed by atoms with Crippen LogP contribution in [0.25, 0.3) is 0 Å². The van der Waals surface area contributed by atoms with Gasteiger partial charge in [-0.15, -0.1) is 0 Å². The fraction of sp³-hybridized carbons (Fsp3) is 0.154. The van der Waals surface area contributed by atoms with Gasteiger partial charge in [-0.05, 0) is 24.3 Å². The monoisotopic (exact) mass is 242 g/mol. The zero-order valence-electron chi connectivity index (χ0n) is 10.1. The van der Waals surface area contributed by atoms with Crippen molar-refractivity contribution in [2.45, 2.75) is 13.5 Å². The van der Waals surface area contributed by atoms with Crippen LogP contribution in [0.5, 0.6) is 0 Å². The first-order chi connectivity index (χ1) is 8.74. The fourth-order valence-corrected chi connectivity index (χ4v) is 1.50. The summed E-state index contributed by atoms with van der Waals surface area (Å²) in [5.41, 5.74) is 2.78. The highest BCUT2D eigenvalue weighted by atomic mass is 16.1. The van der Waals surface area contributed by atoms with Gasteiger partial charge in [0.05, 0.1) is 0 Å². The molecule has 2 N–H and O–H groups in total. The zero-order chi connectivity index (χ0) is 12.8. The standard InChI is InChI=1S/C13H14N4O/c1-10(18)17-13-4-2-12(3-5-13)16-8-11-6-14-9-15-7-11/h2-7,9,16H,8H2,1H3,(H,17,18). The van der Waals surface area contributed by atoms with E-state index in [9.17, 15) is 4.79 Å². The highest BCUT2D eigenvalue weighted by molar-refractivity contribution is 5.88. The van der Waals surface area contributed by atoms with Crippen molar-refractivity contribution in [2.75, 3.05) is 10.6 Å². The predicted molar refractivity (Wildman–Crippen MR) is 70.1 cm³/mol. The minimum Gasteiger partial charge on any atom is -0.381 e. The maximum Gasteiger partial charge on any atom is 0.221 e. The Hall–Kier alpha value is -2.43. The summed E-state index contributed by atoms with van der Waals surface area (Å²) >= 11 is 0. The molecule has 0 aliphatic heterocycles.